The molecule has 4 rings (SSSR count). The molecule has 128 valence electrons. The van der Waals surface area contributed by atoms with Crippen molar-refractivity contribution in [3.63, 3.8) is 0 Å². The van der Waals surface area contributed by atoms with Crippen molar-refractivity contribution in [3.8, 4) is 0 Å². The summed E-state index contributed by atoms with van der Waals surface area (Å²) < 4.78 is 19.5. The third-order valence-electron chi connectivity index (χ3n) is 4.37. The highest BCUT2D eigenvalue weighted by molar-refractivity contribution is 5.16. The number of hydrogen-bond donors (Lipinski definition) is 1. The quantitative estimate of drug-likeness (QED) is 0.909. The fourth-order valence-corrected chi connectivity index (χ4v) is 3.36. The number of aromatic nitrogens is 3. The van der Waals surface area contributed by atoms with Crippen molar-refractivity contribution in [1.29, 1.82) is 0 Å². The molecule has 7 nitrogen and oxygen atoms in total. The summed E-state index contributed by atoms with van der Waals surface area (Å²) in [6.07, 6.45) is 0.469. The monoisotopic (exact) mass is 331 g/mol. The Kier molecular flexibility index (Phi) is 3.88. The first-order chi connectivity index (χ1) is 11.6. The number of rotatable bonds is 4. The highest BCUT2D eigenvalue weighted by Crippen LogP contribution is 2.44. The Hall–Kier alpha value is -1.80. The molecule has 7 heteroatoms. The third kappa shape index (κ3) is 2.84. The molecule has 2 fully saturated rings. The van der Waals surface area contributed by atoms with E-state index in [1.807, 2.05) is 50.4 Å². The summed E-state index contributed by atoms with van der Waals surface area (Å²) in [5, 5.41) is 18.0. The molecule has 24 heavy (non-hydrogen) atoms. The van der Waals surface area contributed by atoms with E-state index in [1.165, 1.54) is 0 Å². The topological polar surface area (TPSA) is 78.6 Å². The van der Waals surface area contributed by atoms with Crippen LogP contribution in [0.4, 0.5) is 0 Å². The fraction of sp³-hybridized carbons (Fsp3) is 0.529. The zero-order valence-electron chi connectivity index (χ0n) is 13.7. The molecular formula is C17H21N3O4. The maximum atomic E-state index is 9.55. The fourth-order valence-electron chi connectivity index (χ4n) is 3.36. The number of aliphatic hydroxyl groups is 1. The van der Waals surface area contributed by atoms with Gasteiger partial charge in [-0.3, -0.25) is 0 Å². The Morgan fingerprint density at radius 3 is 2.67 bits per heavy atom. The van der Waals surface area contributed by atoms with Gasteiger partial charge in [-0.25, -0.2) is 4.68 Å². The van der Waals surface area contributed by atoms with Crippen LogP contribution in [0.3, 0.4) is 0 Å². The largest absolute Gasteiger partial charge is 0.394 e. The number of benzene rings is 1. The van der Waals surface area contributed by atoms with Crippen LogP contribution in [0.25, 0.3) is 0 Å². The van der Waals surface area contributed by atoms with E-state index in [2.05, 4.69) is 10.3 Å². The number of hydrogen-bond acceptors (Lipinski definition) is 6. The van der Waals surface area contributed by atoms with Gasteiger partial charge >= 0.3 is 0 Å². The summed E-state index contributed by atoms with van der Waals surface area (Å²) in [7, 11) is 0. The molecule has 2 aliphatic rings. The number of aliphatic hydroxyl groups excluding tert-OH is 1. The van der Waals surface area contributed by atoms with E-state index >= 15 is 0 Å². The lowest BCUT2D eigenvalue weighted by molar-refractivity contribution is -0.191. The van der Waals surface area contributed by atoms with Gasteiger partial charge in [-0.15, -0.1) is 5.10 Å². The second kappa shape index (κ2) is 5.93. The van der Waals surface area contributed by atoms with Crippen LogP contribution in [-0.2, 0) is 20.8 Å². The molecule has 1 aromatic heterocycles. The average molecular weight is 331 g/mol. The van der Waals surface area contributed by atoms with E-state index in [9.17, 15) is 5.11 Å². The average Bonchev–Trinajstić information content (AvgIpc) is 3.21. The second-order valence-electron chi connectivity index (χ2n) is 6.67. The van der Waals surface area contributed by atoms with Gasteiger partial charge in [0, 0.05) is 0 Å². The normalized spacial score (nSPS) is 31.3. The lowest BCUT2D eigenvalue weighted by Crippen LogP contribution is -2.31. The van der Waals surface area contributed by atoms with E-state index in [0.717, 1.165) is 5.56 Å². The minimum atomic E-state index is -0.690. The molecule has 0 amide bonds. The molecule has 0 bridgehead atoms. The smallest absolute Gasteiger partial charge is 0.164 e. The molecule has 0 aliphatic carbocycles. The summed E-state index contributed by atoms with van der Waals surface area (Å²) in [5.74, 6) is -0.690. The van der Waals surface area contributed by atoms with Gasteiger partial charge < -0.3 is 19.3 Å². The van der Waals surface area contributed by atoms with Crippen molar-refractivity contribution >= 4 is 0 Å². The molecule has 1 N–H and O–H groups in total. The van der Waals surface area contributed by atoms with Crippen LogP contribution >= 0.6 is 0 Å². The van der Waals surface area contributed by atoms with Crippen molar-refractivity contribution in [2.45, 2.75) is 50.6 Å². The van der Waals surface area contributed by atoms with Crippen LogP contribution in [-0.4, -0.2) is 50.8 Å². The van der Waals surface area contributed by atoms with Gasteiger partial charge in [0.25, 0.3) is 0 Å². The third-order valence-corrected chi connectivity index (χ3v) is 4.37. The lowest BCUT2D eigenvalue weighted by atomic mass is 10.1. The molecule has 1 aromatic carbocycles. The molecule has 3 heterocycles. The predicted octanol–water partition coefficient (Wildman–Crippen LogP) is 1.28. The van der Waals surface area contributed by atoms with E-state index < -0.39 is 18.0 Å². The summed E-state index contributed by atoms with van der Waals surface area (Å²) in [6, 6.07) is 10.1. The predicted molar refractivity (Wildman–Crippen MR) is 84.1 cm³/mol. The minimum Gasteiger partial charge on any atom is -0.394 e. The van der Waals surface area contributed by atoms with E-state index in [1.54, 1.807) is 4.68 Å². The van der Waals surface area contributed by atoms with Gasteiger partial charge in [-0.05, 0) is 19.4 Å². The van der Waals surface area contributed by atoms with Crippen LogP contribution in [0.2, 0.25) is 0 Å². The van der Waals surface area contributed by atoms with Crippen LogP contribution < -0.4 is 0 Å². The number of ether oxygens (including phenoxy) is 3. The van der Waals surface area contributed by atoms with Crippen molar-refractivity contribution in [2.24, 2.45) is 0 Å². The Balaban J connectivity index is 1.54. The maximum absolute atomic E-state index is 9.55. The molecule has 2 aromatic rings. The molecule has 4 atom stereocenters. The van der Waals surface area contributed by atoms with Crippen molar-refractivity contribution < 1.29 is 19.3 Å². The summed E-state index contributed by atoms with van der Waals surface area (Å²) >= 11 is 0. The Morgan fingerprint density at radius 1 is 1.17 bits per heavy atom. The van der Waals surface area contributed by atoms with Gasteiger partial charge in [0.1, 0.15) is 30.1 Å². The van der Waals surface area contributed by atoms with Crippen molar-refractivity contribution in [3.05, 3.63) is 47.8 Å². The van der Waals surface area contributed by atoms with Gasteiger partial charge in [0.15, 0.2) is 5.79 Å². The summed E-state index contributed by atoms with van der Waals surface area (Å²) in [6.45, 7) is 4.25. The first kappa shape index (κ1) is 15.7. The summed E-state index contributed by atoms with van der Waals surface area (Å²) in [5.41, 5.74) is 1.84. The van der Waals surface area contributed by atoms with E-state index in [0.29, 0.717) is 12.2 Å². The van der Waals surface area contributed by atoms with Gasteiger partial charge in [0.2, 0.25) is 0 Å². The van der Waals surface area contributed by atoms with E-state index in [-0.39, 0.29) is 18.8 Å². The highest BCUT2D eigenvalue weighted by Gasteiger charge is 2.56. The first-order valence-corrected chi connectivity index (χ1v) is 8.12. The molecule has 0 unspecified atom stereocenters. The zero-order chi connectivity index (χ0) is 16.7. The summed E-state index contributed by atoms with van der Waals surface area (Å²) in [4.78, 5) is 0. The molecule has 0 radical (unpaired) electrons. The van der Waals surface area contributed by atoms with Crippen LogP contribution in [0.1, 0.15) is 31.2 Å². The molecule has 2 saturated heterocycles. The highest BCUT2D eigenvalue weighted by atomic mass is 16.8. The number of nitrogens with zero attached hydrogens (tertiary/aromatic N) is 3. The van der Waals surface area contributed by atoms with Crippen LogP contribution in [0.5, 0.6) is 0 Å². The molecule has 0 saturated carbocycles. The second-order valence-corrected chi connectivity index (χ2v) is 6.67. The van der Waals surface area contributed by atoms with Gasteiger partial charge in [-0.2, -0.15) is 0 Å². The maximum Gasteiger partial charge on any atom is 0.164 e. The van der Waals surface area contributed by atoms with Crippen LogP contribution in [0, 0.1) is 0 Å². The lowest BCUT2D eigenvalue weighted by Gasteiger charge is -2.22. The Labute approximate surface area is 140 Å². The zero-order valence-corrected chi connectivity index (χ0v) is 13.7. The molecular weight excluding hydrogens is 310 g/mol. The van der Waals surface area contributed by atoms with E-state index in [4.69, 9.17) is 14.2 Å². The standard InChI is InChI=1S/C17H21N3O4/c1-17(2)23-15-13(10-21)22-14(16(15)24-17)12-9-20(19-18-12)8-11-6-4-3-5-7-11/h3-7,9,13-16,21H,8,10H2,1-2H3/t13-,14+,15-,16+/m1/s1. The SMILES string of the molecule is CC1(C)O[C@@H]2[C@H](O1)[C@@H](CO)O[C@H]2c1cn(Cc2ccccc2)nn1. The molecule has 0 spiro atoms. The Bertz CT molecular complexity index is 703. The minimum absolute atomic E-state index is 0.116. The van der Waals surface area contributed by atoms with Crippen LogP contribution in [0.15, 0.2) is 36.5 Å². The molecule has 2 aliphatic heterocycles. The first-order valence-electron chi connectivity index (χ1n) is 8.12. The van der Waals surface area contributed by atoms with Gasteiger partial charge in [0.05, 0.1) is 19.3 Å². The van der Waals surface area contributed by atoms with Crippen molar-refractivity contribution in [1.82, 2.24) is 15.0 Å². The van der Waals surface area contributed by atoms with Crippen molar-refractivity contribution in [2.75, 3.05) is 6.61 Å². The number of fused-ring (bicyclic) bond motifs is 1. The van der Waals surface area contributed by atoms with Gasteiger partial charge in [-0.1, -0.05) is 35.5 Å². The Morgan fingerprint density at radius 2 is 1.92 bits per heavy atom.